The zero-order valence-electron chi connectivity index (χ0n) is 13.5. The fourth-order valence-electron chi connectivity index (χ4n) is 3.47. The summed E-state index contributed by atoms with van der Waals surface area (Å²) in [6, 6.07) is 15.1. The van der Waals surface area contributed by atoms with Crippen molar-refractivity contribution in [2.24, 2.45) is 7.05 Å². The molecule has 0 radical (unpaired) electrons. The molecule has 1 aromatic carbocycles. The van der Waals surface area contributed by atoms with E-state index in [1.807, 2.05) is 0 Å². The van der Waals surface area contributed by atoms with Crippen LogP contribution in [0.1, 0.15) is 17.0 Å². The maximum absolute atomic E-state index is 2.38. The van der Waals surface area contributed by atoms with Gasteiger partial charge in [0, 0.05) is 13.0 Å². The molecule has 0 aliphatic heterocycles. The maximum Gasteiger partial charge on any atom is 0.278 e. The summed E-state index contributed by atoms with van der Waals surface area (Å²) in [4.78, 5) is 0. The molecule has 0 saturated heterocycles. The Bertz CT molecular complexity index is 998. The first kappa shape index (κ1) is 13.1. The number of rotatable bonds is 1. The monoisotopic (exact) mass is 290 g/mol. The van der Waals surface area contributed by atoms with E-state index in [-0.39, 0.29) is 0 Å². The van der Waals surface area contributed by atoms with Gasteiger partial charge in [0.05, 0.1) is 13.2 Å². The normalized spacial score (nSPS) is 11.6. The Balaban J connectivity index is 2.24. The molecule has 0 aliphatic rings. The van der Waals surface area contributed by atoms with Crippen LogP contribution in [0.3, 0.4) is 0 Å². The first-order chi connectivity index (χ1) is 10.6. The van der Waals surface area contributed by atoms with Gasteiger partial charge >= 0.3 is 0 Å². The first-order valence-electron chi connectivity index (χ1n) is 7.63. The van der Waals surface area contributed by atoms with Gasteiger partial charge in [0.2, 0.25) is 5.82 Å². The number of hydrogen-bond donors (Lipinski definition) is 0. The molecule has 0 saturated carbocycles. The Morgan fingerprint density at radius 1 is 0.909 bits per heavy atom. The smallest absolute Gasteiger partial charge is 0.260 e. The molecule has 3 heteroatoms. The van der Waals surface area contributed by atoms with E-state index in [0.717, 1.165) is 0 Å². The van der Waals surface area contributed by atoms with Crippen LogP contribution in [0.25, 0.3) is 22.4 Å². The molecule has 0 atom stereocenters. The lowest BCUT2D eigenvalue weighted by Crippen LogP contribution is -2.36. The van der Waals surface area contributed by atoms with Crippen molar-refractivity contribution in [1.29, 1.82) is 0 Å². The number of aryl methyl sites for hydroxylation is 3. The second-order valence-electron chi connectivity index (χ2n) is 6.03. The lowest BCUT2D eigenvalue weighted by atomic mass is 10.1. The molecule has 4 aromatic rings. The molecule has 22 heavy (non-hydrogen) atoms. The quantitative estimate of drug-likeness (QED) is 0.475. The lowest BCUT2D eigenvalue weighted by Gasteiger charge is -2.09. The maximum atomic E-state index is 2.38. The molecule has 3 nitrogen and oxygen atoms in total. The summed E-state index contributed by atoms with van der Waals surface area (Å²) in [6.45, 7) is 6.55. The Kier molecular flexibility index (Phi) is 2.67. The van der Waals surface area contributed by atoms with Crippen molar-refractivity contribution in [3.05, 3.63) is 65.6 Å². The van der Waals surface area contributed by atoms with Gasteiger partial charge in [0.25, 0.3) is 5.65 Å². The Labute approximate surface area is 130 Å². The summed E-state index contributed by atoms with van der Waals surface area (Å²) in [5, 5.41) is 0. The Hall–Kier alpha value is -2.55. The molecule has 0 unspecified atom stereocenters. The number of para-hydroxylation sites is 1. The number of pyridine rings is 1. The fourth-order valence-corrected chi connectivity index (χ4v) is 3.47. The lowest BCUT2D eigenvalue weighted by molar-refractivity contribution is -0.579. The molecule has 0 spiro atoms. The molecule has 3 aromatic heterocycles. The van der Waals surface area contributed by atoms with Gasteiger partial charge in [-0.05, 0) is 37.1 Å². The predicted molar refractivity (Wildman–Crippen MR) is 89.6 cm³/mol. The summed E-state index contributed by atoms with van der Waals surface area (Å²) in [5.41, 5.74) is 7.59. The van der Waals surface area contributed by atoms with Gasteiger partial charge in [0.1, 0.15) is 11.2 Å². The minimum absolute atomic E-state index is 1.23. The SMILES string of the molecule is Cc1cccc(C)c1-[n+]1c(C)n(C)c2cc3ccccn3c21. The molecule has 110 valence electrons. The largest absolute Gasteiger partial charge is 0.278 e. The van der Waals surface area contributed by atoms with Crippen LogP contribution in [0, 0.1) is 20.8 Å². The third-order valence-electron chi connectivity index (χ3n) is 4.68. The van der Waals surface area contributed by atoms with Gasteiger partial charge in [-0.1, -0.05) is 24.3 Å². The van der Waals surface area contributed by atoms with Gasteiger partial charge in [-0.3, -0.25) is 4.57 Å². The minimum atomic E-state index is 1.23. The first-order valence-corrected chi connectivity index (χ1v) is 7.63. The number of aromatic nitrogens is 3. The van der Waals surface area contributed by atoms with E-state index >= 15 is 0 Å². The number of benzene rings is 1. The average molecular weight is 290 g/mol. The molecule has 0 bridgehead atoms. The van der Waals surface area contributed by atoms with Crippen molar-refractivity contribution < 1.29 is 4.57 Å². The van der Waals surface area contributed by atoms with Gasteiger partial charge in [0.15, 0.2) is 5.52 Å². The summed E-state index contributed by atoms with van der Waals surface area (Å²) < 4.78 is 6.93. The highest BCUT2D eigenvalue weighted by molar-refractivity contribution is 5.80. The van der Waals surface area contributed by atoms with Gasteiger partial charge in [-0.25, -0.2) is 4.40 Å². The van der Waals surface area contributed by atoms with E-state index in [1.54, 1.807) is 0 Å². The third-order valence-corrected chi connectivity index (χ3v) is 4.68. The van der Waals surface area contributed by atoms with E-state index in [9.17, 15) is 0 Å². The van der Waals surface area contributed by atoms with Crippen LogP contribution in [0.2, 0.25) is 0 Å². The van der Waals surface area contributed by atoms with Gasteiger partial charge in [-0.15, -0.1) is 0 Å². The molecule has 0 fully saturated rings. The van der Waals surface area contributed by atoms with Crippen molar-refractivity contribution in [2.75, 3.05) is 0 Å². The van der Waals surface area contributed by atoms with Crippen molar-refractivity contribution in [1.82, 2.24) is 8.97 Å². The third kappa shape index (κ3) is 1.59. The van der Waals surface area contributed by atoms with E-state index in [1.165, 1.54) is 39.3 Å². The van der Waals surface area contributed by atoms with Crippen LogP contribution < -0.4 is 4.57 Å². The van der Waals surface area contributed by atoms with Crippen molar-refractivity contribution in [3.63, 3.8) is 0 Å². The van der Waals surface area contributed by atoms with E-state index in [0.29, 0.717) is 0 Å². The zero-order chi connectivity index (χ0) is 15.4. The summed E-state index contributed by atoms with van der Waals surface area (Å²) in [7, 11) is 2.14. The van der Waals surface area contributed by atoms with Gasteiger partial charge < -0.3 is 0 Å². The number of imidazole rings is 1. The highest BCUT2D eigenvalue weighted by atomic mass is 15.2. The number of hydrogen-bond acceptors (Lipinski definition) is 0. The van der Waals surface area contributed by atoms with Gasteiger partial charge in [-0.2, -0.15) is 4.57 Å². The van der Waals surface area contributed by atoms with Crippen molar-refractivity contribution in [2.45, 2.75) is 20.8 Å². The molecular formula is C19H20N3+. The topological polar surface area (TPSA) is 13.2 Å². The van der Waals surface area contributed by atoms with Crippen molar-refractivity contribution >= 4 is 16.7 Å². The number of fused-ring (bicyclic) bond motifs is 3. The van der Waals surface area contributed by atoms with E-state index < -0.39 is 0 Å². The summed E-state index contributed by atoms with van der Waals surface area (Å²) in [5.74, 6) is 1.24. The van der Waals surface area contributed by atoms with Crippen molar-refractivity contribution in [3.8, 4) is 5.69 Å². The molecule has 4 rings (SSSR count). The predicted octanol–water partition coefficient (Wildman–Crippen LogP) is 3.63. The molecule has 3 heterocycles. The molecule has 0 N–H and O–H groups in total. The second kappa shape index (κ2) is 4.47. The number of nitrogens with zero attached hydrogens (tertiary/aromatic N) is 3. The molecule has 0 amide bonds. The zero-order valence-corrected chi connectivity index (χ0v) is 13.5. The standard InChI is InChI=1S/C19H20N3/c1-13-8-7-9-14(2)18(13)22-15(3)20(4)17-12-16-10-5-6-11-21(16)19(17)22/h5-12H,1-4H3/q+1. The Morgan fingerprint density at radius 2 is 1.64 bits per heavy atom. The highest BCUT2D eigenvalue weighted by Gasteiger charge is 2.25. The fraction of sp³-hybridized carbons (Fsp3) is 0.211. The van der Waals surface area contributed by atoms with Crippen LogP contribution in [-0.2, 0) is 7.05 Å². The highest BCUT2D eigenvalue weighted by Crippen LogP contribution is 2.23. The summed E-state index contributed by atoms with van der Waals surface area (Å²) in [6.07, 6.45) is 2.14. The van der Waals surface area contributed by atoms with Crippen LogP contribution in [0.15, 0.2) is 48.7 Å². The molecular weight excluding hydrogens is 270 g/mol. The average Bonchev–Trinajstić information content (AvgIpc) is 2.98. The van der Waals surface area contributed by atoms with Crippen LogP contribution in [0.5, 0.6) is 0 Å². The van der Waals surface area contributed by atoms with E-state index in [2.05, 4.69) is 90.0 Å². The summed E-state index contributed by atoms with van der Waals surface area (Å²) >= 11 is 0. The van der Waals surface area contributed by atoms with Crippen LogP contribution >= 0.6 is 0 Å². The Morgan fingerprint density at radius 3 is 2.36 bits per heavy atom. The van der Waals surface area contributed by atoms with E-state index in [4.69, 9.17) is 0 Å². The van der Waals surface area contributed by atoms with Crippen LogP contribution in [-0.4, -0.2) is 8.97 Å². The second-order valence-corrected chi connectivity index (χ2v) is 6.03. The molecule has 0 aliphatic carbocycles. The minimum Gasteiger partial charge on any atom is -0.260 e. The van der Waals surface area contributed by atoms with Crippen LogP contribution in [0.4, 0.5) is 0 Å².